The lowest BCUT2D eigenvalue weighted by Crippen LogP contribution is -2.46. The quantitative estimate of drug-likeness (QED) is 0.878. The topological polar surface area (TPSA) is 70.7 Å². The highest BCUT2D eigenvalue weighted by molar-refractivity contribution is 5.93. The van der Waals surface area contributed by atoms with Gasteiger partial charge >= 0.3 is 6.09 Å². The van der Waals surface area contributed by atoms with Crippen molar-refractivity contribution in [2.45, 2.75) is 59.1 Å². The largest absolute Gasteiger partial charge is 0.444 e. The number of nitrogens with zero attached hydrogens (tertiary/aromatic N) is 1. The van der Waals surface area contributed by atoms with Crippen LogP contribution in [0.15, 0.2) is 18.2 Å². The first-order valence-corrected chi connectivity index (χ1v) is 8.77. The summed E-state index contributed by atoms with van der Waals surface area (Å²) in [6.45, 7) is 10.8. The number of benzene rings is 1. The number of piperidine rings is 1. The predicted octanol–water partition coefficient (Wildman–Crippen LogP) is 3.45. The van der Waals surface area contributed by atoms with Crippen LogP contribution in [0.25, 0.3) is 0 Å². The van der Waals surface area contributed by atoms with Crippen LogP contribution in [0.2, 0.25) is 0 Å². The molecule has 0 unspecified atom stereocenters. The summed E-state index contributed by atoms with van der Waals surface area (Å²) in [5, 5.41) is 5.84. The fraction of sp³-hybridized carbons (Fsp3) is 0.579. The number of amides is 2. The van der Waals surface area contributed by atoms with E-state index < -0.39 is 5.60 Å². The molecule has 6 heteroatoms. The highest BCUT2D eigenvalue weighted by Gasteiger charge is 2.24. The molecule has 1 aromatic rings. The van der Waals surface area contributed by atoms with E-state index >= 15 is 0 Å². The van der Waals surface area contributed by atoms with E-state index in [2.05, 4.69) is 21.6 Å². The first-order chi connectivity index (χ1) is 11.6. The Morgan fingerprint density at radius 1 is 1.20 bits per heavy atom. The average Bonchev–Trinajstić information content (AvgIpc) is 2.47. The molecule has 0 radical (unpaired) electrons. The number of hydrogen-bond acceptors (Lipinski definition) is 4. The van der Waals surface area contributed by atoms with Gasteiger partial charge in [-0.2, -0.15) is 0 Å². The molecule has 1 saturated heterocycles. The smallest absolute Gasteiger partial charge is 0.407 e. The minimum absolute atomic E-state index is 0.0772. The van der Waals surface area contributed by atoms with Gasteiger partial charge in [0, 0.05) is 26.1 Å². The van der Waals surface area contributed by atoms with Gasteiger partial charge in [0.05, 0.1) is 11.4 Å². The lowest BCUT2D eigenvalue weighted by Gasteiger charge is -2.35. The van der Waals surface area contributed by atoms with Gasteiger partial charge in [0.1, 0.15) is 5.60 Å². The summed E-state index contributed by atoms with van der Waals surface area (Å²) in [5.74, 6) is -0.0772. The van der Waals surface area contributed by atoms with Crippen molar-refractivity contribution in [1.29, 1.82) is 0 Å². The van der Waals surface area contributed by atoms with Gasteiger partial charge in [-0.05, 0) is 58.2 Å². The van der Waals surface area contributed by atoms with E-state index in [-0.39, 0.29) is 18.0 Å². The maximum atomic E-state index is 11.9. The molecule has 0 bridgehead atoms. The third-order valence-electron chi connectivity index (χ3n) is 4.02. The third kappa shape index (κ3) is 5.96. The molecule has 1 aliphatic rings. The molecular formula is C19H29N3O3. The van der Waals surface area contributed by atoms with E-state index in [4.69, 9.17) is 4.74 Å². The summed E-state index contributed by atoms with van der Waals surface area (Å²) in [4.78, 5) is 25.6. The van der Waals surface area contributed by atoms with Crippen molar-refractivity contribution in [3.8, 4) is 0 Å². The number of rotatable bonds is 3. The molecule has 1 aromatic carbocycles. The maximum Gasteiger partial charge on any atom is 0.407 e. The van der Waals surface area contributed by atoms with E-state index in [1.165, 1.54) is 6.92 Å². The summed E-state index contributed by atoms with van der Waals surface area (Å²) in [6.07, 6.45) is 1.32. The van der Waals surface area contributed by atoms with Crippen LogP contribution in [0.4, 0.5) is 16.2 Å². The van der Waals surface area contributed by atoms with Gasteiger partial charge in [-0.1, -0.05) is 6.07 Å². The molecule has 0 atom stereocenters. The Labute approximate surface area is 149 Å². The average molecular weight is 347 g/mol. The van der Waals surface area contributed by atoms with Crippen LogP contribution in [0, 0.1) is 6.92 Å². The van der Waals surface area contributed by atoms with Crippen molar-refractivity contribution in [3.05, 3.63) is 23.8 Å². The van der Waals surface area contributed by atoms with Crippen molar-refractivity contribution >= 4 is 23.4 Å². The Morgan fingerprint density at radius 3 is 2.40 bits per heavy atom. The number of anilines is 2. The summed E-state index contributed by atoms with van der Waals surface area (Å²) in [5.41, 5.74) is 2.53. The van der Waals surface area contributed by atoms with Crippen molar-refractivity contribution in [1.82, 2.24) is 5.32 Å². The van der Waals surface area contributed by atoms with E-state index in [0.29, 0.717) is 0 Å². The molecule has 2 amide bonds. The van der Waals surface area contributed by atoms with Crippen molar-refractivity contribution in [3.63, 3.8) is 0 Å². The van der Waals surface area contributed by atoms with E-state index in [0.717, 1.165) is 42.9 Å². The standard InChI is InChI=1S/C19H29N3O3/c1-13-6-7-16(20-14(2)23)17(12-13)22-10-8-15(9-11-22)21-18(24)25-19(3,4)5/h6-7,12,15H,8-11H2,1-5H3,(H,20,23)(H,21,24). The third-order valence-corrected chi connectivity index (χ3v) is 4.02. The Morgan fingerprint density at radius 2 is 1.84 bits per heavy atom. The molecule has 0 aromatic heterocycles. The van der Waals surface area contributed by atoms with Gasteiger partial charge < -0.3 is 20.3 Å². The van der Waals surface area contributed by atoms with Crippen LogP contribution in [-0.2, 0) is 9.53 Å². The first kappa shape index (κ1) is 19.1. The van der Waals surface area contributed by atoms with Gasteiger partial charge in [-0.25, -0.2) is 4.79 Å². The minimum atomic E-state index is -0.486. The second-order valence-corrected chi connectivity index (χ2v) is 7.61. The van der Waals surface area contributed by atoms with Gasteiger partial charge in [0.15, 0.2) is 0 Å². The molecule has 0 spiro atoms. The van der Waals surface area contributed by atoms with Gasteiger partial charge in [-0.15, -0.1) is 0 Å². The number of hydrogen-bond donors (Lipinski definition) is 2. The van der Waals surface area contributed by atoms with Crippen LogP contribution in [0.5, 0.6) is 0 Å². The fourth-order valence-corrected chi connectivity index (χ4v) is 2.94. The van der Waals surface area contributed by atoms with E-state index in [1.54, 1.807) is 0 Å². The van der Waals surface area contributed by atoms with Crippen molar-refractivity contribution < 1.29 is 14.3 Å². The van der Waals surface area contributed by atoms with Gasteiger partial charge in [0.2, 0.25) is 5.91 Å². The molecule has 2 rings (SSSR count). The number of nitrogens with one attached hydrogen (secondary N) is 2. The Hall–Kier alpha value is -2.24. The number of alkyl carbamates (subject to hydrolysis) is 1. The molecule has 0 saturated carbocycles. The maximum absolute atomic E-state index is 11.9. The van der Waals surface area contributed by atoms with Crippen LogP contribution in [0.3, 0.4) is 0 Å². The molecule has 1 heterocycles. The highest BCUT2D eigenvalue weighted by Crippen LogP contribution is 2.29. The van der Waals surface area contributed by atoms with E-state index in [9.17, 15) is 9.59 Å². The SMILES string of the molecule is CC(=O)Nc1ccc(C)cc1N1CCC(NC(=O)OC(C)(C)C)CC1. The van der Waals surface area contributed by atoms with Gasteiger partial charge in [0.25, 0.3) is 0 Å². The van der Waals surface area contributed by atoms with Crippen LogP contribution in [-0.4, -0.2) is 36.7 Å². The molecule has 25 heavy (non-hydrogen) atoms. The van der Waals surface area contributed by atoms with Crippen molar-refractivity contribution in [2.24, 2.45) is 0 Å². The zero-order chi connectivity index (χ0) is 18.6. The molecule has 6 nitrogen and oxygen atoms in total. The summed E-state index contributed by atoms with van der Waals surface area (Å²) in [6, 6.07) is 6.13. The number of carbonyl (C=O) groups is 2. The predicted molar refractivity (Wildman–Crippen MR) is 100 cm³/mol. The summed E-state index contributed by atoms with van der Waals surface area (Å²) < 4.78 is 5.32. The normalized spacial score (nSPS) is 15.6. The highest BCUT2D eigenvalue weighted by atomic mass is 16.6. The molecule has 1 fully saturated rings. The lowest BCUT2D eigenvalue weighted by atomic mass is 10.0. The molecular weight excluding hydrogens is 318 g/mol. The Kier molecular flexibility index (Phi) is 5.93. The zero-order valence-electron chi connectivity index (χ0n) is 15.8. The van der Waals surface area contributed by atoms with Crippen LogP contribution >= 0.6 is 0 Å². The molecule has 138 valence electrons. The summed E-state index contributed by atoms with van der Waals surface area (Å²) in [7, 11) is 0. The Bertz CT molecular complexity index is 629. The van der Waals surface area contributed by atoms with E-state index in [1.807, 2.05) is 39.8 Å². The van der Waals surface area contributed by atoms with Gasteiger partial charge in [-0.3, -0.25) is 4.79 Å². The second-order valence-electron chi connectivity index (χ2n) is 7.61. The van der Waals surface area contributed by atoms with Crippen LogP contribution in [0.1, 0.15) is 46.1 Å². The first-order valence-electron chi connectivity index (χ1n) is 8.77. The fourth-order valence-electron chi connectivity index (χ4n) is 2.94. The summed E-state index contributed by atoms with van der Waals surface area (Å²) >= 11 is 0. The molecule has 0 aliphatic carbocycles. The lowest BCUT2D eigenvalue weighted by molar-refractivity contribution is -0.114. The number of carbonyl (C=O) groups excluding carboxylic acids is 2. The van der Waals surface area contributed by atoms with Crippen LogP contribution < -0.4 is 15.5 Å². The number of ether oxygens (including phenoxy) is 1. The minimum Gasteiger partial charge on any atom is -0.444 e. The second kappa shape index (κ2) is 7.76. The molecule has 1 aliphatic heterocycles. The zero-order valence-corrected chi connectivity index (χ0v) is 15.8. The monoisotopic (exact) mass is 347 g/mol. The molecule has 2 N–H and O–H groups in total. The van der Waals surface area contributed by atoms with Crippen molar-refractivity contribution in [2.75, 3.05) is 23.3 Å². The Balaban J connectivity index is 1.97. The number of aryl methyl sites for hydroxylation is 1.